The molecule has 0 spiro atoms. The van der Waals surface area contributed by atoms with Gasteiger partial charge in [0, 0.05) is 10.0 Å². The van der Waals surface area contributed by atoms with E-state index in [1.807, 2.05) is 0 Å². The second kappa shape index (κ2) is 7.41. The van der Waals surface area contributed by atoms with Crippen LogP contribution in [-0.4, -0.2) is 19.3 Å². The highest BCUT2D eigenvalue weighted by Gasteiger charge is 2.59. The number of hydrogen-bond donors (Lipinski definition) is 0. The molecule has 27 heavy (non-hydrogen) atoms. The van der Waals surface area contributed by atoms with Crippen molar-refractivity contribution in [2.75, 3.05) is 7.11 Å². The van der Waals surface area contributed by atoms with Crippen LogP contribution in [-0.2, 0) is 10.7 Å². The molecule has 0 amide bonds. The van der Waals surface area contributed by atoms with Crippen LogP contribution in [0.15, 0.2) is 34.8 Å². The lowest BCUT2D eigenvalue weighted by atomic mass is 10.0. The Morgan fingerprint density at radius 1 is 1.04 bits per heavy atom. The van der Waals surface area contributed by atoms with Crippen molar-refractivity contribution < 1.29 is 40.6 Å². The Balaban J connectivity index is 2.65. The molecule has 3 nitrogen and oxygen atoms in total. The number of hydrogen-bond acceptors (Lipinski definition) is 3. The maximum Gasteiger partial charge on any atom is 0.458 e. The molecule has 0 bridgehead atoms. The molecule has 0 unspecified atom stereocenters. The zero-order chi connectivity index (χ0) is 20.6. The number of ether oxygens (including phenoxy) is 2. The van der Waals surface area contributed by atoms with E-state index in [0.717, 1.165) is 31.4 Å². The van der Waals surface area contributed by atoms with Gasteiger partial charge < -0.3 is 9.47 Å². The highest BCUT2D eigenvalue weighted by Crippen LogP contribution is 2.48. The largest absolute Gasteiger partial charge is 0.465 e. The Labute approximate surface area is 158 Å². The van der Waals surface area contributed by atoms with Gasteiger partial charge in [0.1, 0.15) is 22.9 Å². The summed E-state index contributed by atoms with van der Waals surface area (Å²) >= 11 is 2.62. The molecule has 0 radical (unpaired) electrons. The normalized spacial score (nSPS) is 12.0. The molecule has 0 saturated carbocycles. The monoisotopic (exact) mass is 456 g/mol. The van der Waals surface area contributed by atoms with E-state index in [4.69, 9.17) is 4.74 Å². The molecule has 0 fully saturated rings. The van der Waals surface area contributed by atoms with E-state index in [1.54, 1.807) is 0 Å². The van der Waals surface area contributed by atoms with Gasteiger partial charge in [-0.1, -0.05) is 15.9 Å². The minimum Gasteiger partial charge on any atom is -0.465 e. The number of methoxy groups -OCH3 is 1. The summed E-state index contributed by atoms with van der Waals surface area (Å²) in [7, 11) is 1.00. The third-order valence-electron chi connectivity index (χ3n) is 3.53. The summed E-state index contributed by atoms with van der Waals surface area (Å²) in [5.74, 6) is -7.47. The second-order valence-electron chi connectivity index (χ2n) is 5.40. The van der Waals surface area contributed by atoms with Crippen LogP contribution in [0.5, 0.6) is 11.5 Å². The summed E-state index contributed by atoms with van der Waals surface area (Å²) in [6.45, 7) is 1.43. The van der Waals surface area contributed by atoms with Crippen molar-refractivity contribution >= 4 is 21.9 Å². The predicted molar refractivity (Wildman–Crippen MR) is 86.6 cm³/mol. The van der Waals surface area contributed by atoms with Crippen LogP contribution in [0.2, 0.25) is 0 Å². The summed E-state index contributed by atoms with van der Waals surface area (Å²) in [5, 5.41) is 0. The van der Waals surface area contributed by atoms with Gasteiger partial charge >= 0.3 is 18.1 Å². The maximum absolute atomic E-state index is 13.8. The molecule has 10 heteroatoms. The average molecular weight is 457 g/mol. The third-order valence-corrected chi connectivity index (χ3v) is 4.18. The molecule has 0 aliphatic rings. The van der Waals surface area contributed by atoms with Crippen molar-refractivity contribution in [3.8, 4) is 11.5 Å². The molecular formula is C17H11BrF6O3. The molecule has 0 aliphatic carbocycles. The Kier molecular flexibility index (Phi) is 5.79. The summed E-state index contributed by atoms with van der Waals surface area (Å²) in [6.07, 6.45) is -5.87. The fourth-order valence-electron chi connectivity index (χ4n) is 2.15. The van der Waals surface area contributed by atoms with Gasteiger partial charge in [0.25, 0.3) is 0 Å². The molecule has 0 atom stereocenters. The Hall–Kier alpha value is -2.23. The quantitative estimate of drug-likeness (QED) is 0.410. The third kappa shape index (κ3) is 4.20. The minimum atomic E-state index is -5.87. The molecule has 2 rings (SSSR count). The molecule has 0 heterocycles. The van der Waals surface area contributed by atoms with Crippen LogP contribution in [0.1, 0.15) is 21.5 Å². The van der Waals surface area contributed by atoms with Gasteiger partial charge in [-0.2, -0.15) is 22.0 Å². The standard InChI is InChI=1S/C17H11BrF6O3/c1-8-5-9(19)3-4-13(8)27-14-7-11(16(20,21)17(22,23)24)12(18)6-10(14)15(25)26-2/h3-7H,1-2H3. The highest BCUT2D eigenvalue weighted by atomic mass is 79.9. The van der Waals surface area contributed by atoms with Gasteiger partial charge in [0.15, 0.2) is 0 Å². The van der Waals surface area contributed by atoms with Crippen molar-refractivity contribution in [1.29, 1.82) is 0 Å². The van der Waals surface area contributed by atoms with E-state index in [-0.39, 0.29) is 11.3 Å². The molecular weight excluding hydrogens is 446 g/mol. The van der Waals surface area contributed by atoms with Gasteiger partial charge in [-0.05, 0) is 42.8 Å². The first-order valence-electron chi connectivity index (χ1n) is 7.19. The number of aryl methyl sites for hydroxylation is 1. The number of alkyl halides is 5. The van der Waals surface area contributed by atoms with Crippen LogP contribution >= 0.6 is 15.9 Å². The van der Waals surface area contributed by atoms with Gasteiger partial charge in [-0.25, -0.2) is 9.18 Å². The van der Waals surface area contributed by atoms with E-state index in [0.29, 0.717) is 6.07 Å². The number of esters is 1. The first-order chi connectivity index (χ1) is 12.4. The molecule has 0 aliphatic heterocycles. The molecule has 2 aromatic carbocycles. The molecule has 0 N–H and O–H groups in total. The van der Waals surface area contributed by atoms with E-state index >= 15 is 0 Å². The highest BCUT2D eigenvalue weighted by molar-refractivity contribution is 9.10. The number of halogens is 7. The van der Waals surface area contributed by atoms with Crippen LogP contribution in [0.3, 0.4) is 0 Å². The molecule has 146 valence electrons. The molecule has 2 aromatic rings. The van der Waals surface area contributed by atoms with Crippen molar-refractivity contribution in [3.63, 3.8) is 0 Å². The van der Waals surface area contributed by atoms with Crippen molar-refractivity contribution in [2.45, 2.75) is 19.0 Å². The number of rotatable bonds is 4. The van der Waals surface area contributed by atoms with Gasteiger partial charge in [0.2, 0.25) is 0 Å². The fourth-order valence-corrected chi connectivity index (χ4v) is 2.74. The molecule has 0 aromatic heterocycles. The second-order valence-corrected chi connectivity index (χ2v) is 6.26. The van der Waals surface area contributed by atoms with E-state index < -0.39 is 45.2 Å². The summed E-state index contributed by atoms with van der Waals surface area (Å²) < 4.78 is 88.2. The summed E-state index contributed by atoms with van der Waals surface area (Å²) in [4.78, 5) is 11.9. The zero-order valence-corrected chi connectivity index (χ0v) is 15.3. The van der Waals surface area contributed by atoms with Crippen LogP contribution in [0.4, 0.5) is 26.3 Å². The van der Waals surface area contributed by atoms with Crippen LogP contribution in [0.25, 0.3) is 0 Å². The topological polar surface area (TPSA) is 35.5 Å². The Morgan fingerprint density at radius 3 is 2.19 bits per heavy atom. The SMILES string of the molecule is COC(=O)c1cc(Br)c(C(F)(F)C(F)(F)F)cc1Oc1ccc(F)cc1C. The Bertz CT molecular complexity index is 880. The zero-order valence-electron chi connectivity index (χ0n) is 13.8. The van der Waals surface area contributed by atoms with E-state index in [2.05, 4.69) is 20.7 Å². The van der Waals surface area contributed by atoms with Crippen molar-refractivity contribution in [2.24, 2.45) is 0 Å². The van der Waals surface area contributed by atoms with E-state index in [9.17, 15) is 31.1 Å². The predicted octanol–water partition coefficient (Wildman–Crippen LogP) is 6.13. The van der Waals surface area contributed by atoms with Gasteiger partial charge in [-0.3, -0.25) is 0 Å². The smallest absolute Gasteiger partial charge is 0.458 e. The average Bonchev–Trinajstić information content (AvgIpc) is 2.56. The lowest BCUT2D eigenvalue weighted by Gasteiger charge is -2.22. The number of carbonyl (C=O) groups excluding carboxylic acids is 1. The number of carbonyl (C=O) groups is 1. The summed E-state index contributed by atoms with van der Waals surface area (Å²) in [5.41, 5.74) is -1.61. The van der Waals surface area contributed by atoms with Crippen molar-refractivity contribution in [1.82, 2.24) is 0 Å². The first-order valence-corrected chi connectivity index (χ1v) is 7.98. The van der Waals surface area contributed by atoms with Gasteiger partial charge in [0.05, 0.1) is 7.11 Å². The Morgan fingerprint density at radius 2 is 1.67 bits per heavy atom. The lowest BCUT2D eigenvalue weighted by molar-refractivity contribution is -0.289. The maximum atomic E-state index is 13.8. The minimum absolute atomic E-state index is 0.0369. The first kappa shape index (κ1) is 21.1. The summed E-state index contributed by atoms with van der Waals surface area (Å²) in [6, 6.07) is 4.36. The van der Waals surface area contributed by atoms with Crippen LogP contribution < -0.4 is 4.74 Å². The number of benzene rings is 2. The fraction of sp³-hybridized carbons (Fsp3) is 0.235. The van der Waals surface area contributed by atoms with Crippen molar-refractivity contribution in [3.05, 3.63) is 57.3 Å². The van der Waals surface area contributed by atoms with Gasteiger partial charge in [-0.15, -0.1) is 0 Å². The van der Waals surface area contributed by atoms with E-state index in [1.165, 1.54) is 6.92 Å². The van der Waals surface area contributed by atoms with Crippen LogP contribution in [0, 0.1) is 12.7 Å². The molecule has 0 saturated heterocycles. The lowest BCUT2D eigenvalue weighted by Crippen LogP contribution is -2.34.